The summed E-state index contributed by atoms with van der Waals surface area (Å²) in [6.45, 7) is 6.39. The average molecular weight is 465 g/mol. The lowest BCUT2D eigenvalue weighted by molar-refractivity contribution is -0.134. The molecule has 168 valence electrons. The number of hydrogen-bond acceptors (Lipinski definition) is 5. The van der Waals surface area contributed by atoms with Gasteiger partial charge in [-0.3, -0.25) is 9.89 Å². The second-order valence-corrected chi connectivity index (χ2v) is 9.95. The van der Waals surface area contributed by atoms with Gasteiger partial charge in [0.25, 0.3) is 0 Å². The van der Waals surface area contributed by atoms with Gasteiger partial charge in [-0.25, -0.2) is 4.79 Å². The molecule has 9 heteroatoms. The number of ether oxygens (including phenoxy) is 1. The van der Waals surface area contributed by atoms with Crippen LogP contribution in [0.25, 0.3) is 11.3 Å². The number of benzene rings is 1. The first-order chi connectivity index (χ1) is 14.7. The molecule has 0 aliphatic carbocycles. The third-order valence-electron chi connectivity index (χ3n) is 4.94. The number of amides is 2. The Labute approximate surface area is 192 Å². The number of nitrogens with one attached hydrogen (secondary N) is 2. The molecule has 0 saturated carbocycles. The van der Waals surface area contributed by atoms with Crippen molar-refractivity contribution >= 4 is 35.4 Å². The maximum atomic E-state index is 13.3. The molecule has 1 aliphatic rings. The Hall–Kier alpha value is -2.19. The van der Waals surface area contributed by atoms with E-state index in [0.29, 0.717) is 31.0 Å². The summed E-state index contributed by atoms with van der Waals surface area (Å²) in [5, 5.41) is 11.0. The minimum Gasteiger partial charge on any atom is -0.444 e. The average Bonchev–Trinajstić information content (AvgIpc) is 3.12. The SMILES string of the molecule is CSCCC(NC(=O)OC(C)(C)C)C(=O)N1CCc2[nH]nc(-c3cccc(Cl)c3)c2C1. The largest absolute Gasteiger partial charge is 0.444 e. The molecule has 2 amide bonds. The van der Waals surface area contributed by atoms with Gasteiger partial charge in [0.05, 0.1) is 5.69 Å². The predicted molar refractivity (Wildman–Crippen MR) is 124 cm³/mol. The Morgan fingerprint density at radius 1 is 1.39 bits per heavy atom. The van der Waals surface area contributed by atoms with Crippen LogP contribution in [0.15, 0.2) is 24.3 Å². The van der Waals surface area contributed by atoms with Crippen LogP contribution < -0.4 is 5.32 Å². The van der Waals surface area contributed by atoms with Crippen LogP contribution in [0, 0.1) is 0 Å². The molecule has 1 aliphatic heterocycles. The van der Waals surface area contributed by atoms with E-state index in [2.05, 4.69) is 15.5 Å². The zero-order chi connectivity index (χ0) is 22.6. The number of aromatic nitrogens is 2. The van der Waals surface area contributed by atoms with Crippen LogP contribution in [0.2, 0.25) is 5.02 Å². The Morgan fingerprint density at radius 3 is 2.84 bits per heavy atom. The summed E-state index contributed by atoms with van der Waals surface area (Å²) >= 11 is 7.79. The second-order valence-electron chi connectivity index (χ2n) is 8.53. The van der Waals surface area contributed by atoms with E-state index < -0.39 is 17.7 Å². The Balaban J connectivity index is 1.77. The van der Waals surface area contributed by atoms with Gasteiger partial charge in [0.15, 0.2) is 0 Å². The summed E-state index contributed by atoms with van der Waals surface area (Å²) in [5.74, 6) is 0.647. The molecular weight excluding hydrogens is 436 g/mol. The minimum absolute atomic E-state index is 0.108. The minimum atomic E-state index is -0.634. The Bertz CT molecular complexity index is 941. The van der Waals surface area contributed by atoms with E-state index in [4.69, 9.17) is 16.3 Å². The van der Waals surface area contributed by atoms with Gasteiger partial charge in [0.1, 0.15) is 11.6 Å². The first kappa shape index (κ1) is 23.5. The zero-order valence-corrected chi connectivity index (χ0v) is 19.9. The number of hydrogen-bond donors (Lipinski definition) is 2. The smallest absolute Gasteiger partial charge is 0.408 e. The second kappa shape index (κ2) is 9.96. The summed E-state index contributed by atoms with van der Waals surface area (Å²) in [6.07, 6.45) is 2.61. The molecule has 2 N–H and O–H groups in total. The standard InChI is InChI=1S/C22H29ClN4O3S/c1-22(2,3)30-21(29)24-18(9-11-31-4)20(28)27-10-8-17-16(13-27)19(26-25-17)14-6-5-7-15(23)12-14/h5-7,12,18H,8-11,13H2,1-4H3,(H,24,29)(H,25,26). The maximum absolute atomic E-state index is 13.3. The van der Waals surface area contributed by atoms with Gasteiger partial charge in [-0.1, -0.05) is 23.7 Å². The van der Waals surface area contributed by atoms with Crippen molar-refractivity contribution in [2.45, 2.75) is 51.8 Å². The highest BCUT2D eigenvalue weighted by molar-refractivity contribution is 7.98. The van der Waals surface area contributed by atoms with Gasteiger partial charge in [0, 0.05) is 41.4 Å². The number of H-pyrrole nitrogens is 1. The molecule has 1 unspecified atom stereocenters. The molecule has 0 radical (unpaired) electrons. The van der Waals surface area contributed by atoms with Crippen LogP contribution in [-0.2, 0) is 22.5 Å². The van der Waals surface area contributed by atoms with E-state index >= 15 is 0 Å². The van der Waals surface area contributed by atoms with Gasteiger partial charge in [0.2, 0.25) is 5.91 Å². The number of thioether (sulfide) groups is 1. The van der Waals surface area contributed by atoms with Crippen molar-refractivity contribution in [3.05, 3.63) is 40.5 Å². The fraction of sp³-hybridized carbons (Fsp3) is 0.500. The van der Waals surface area contributed by atoms with Crippen molar-refractivity contribution in [1.82, 2.24) is 20.4 Å². The number of nitrogens with zero attached hydrogens (tertiary/aromatic N) is 2. The lowest BCUT2D eigenvalue weighted by atomic mass is 10.00. The number of rotatable bonds is 6. The molecule has 2 aromatic rings. The van der Waals surface area contributed by atoms with E-state index in [1.807, 2.05) is 30.5 Å². The van der Waals surface area contributed by atoms with E-state index in [9.17, 15) is 9.59 Å². The molecule has 2 heterocycles. The highest BCUT2D eigenvalue weighted by Gasteiger charge is 2.31. The van der Waals surface area contributed by atoms with Crippen molar-refractivity contribution in [3.8, 4) is 11.3 Å². The van der Waals surface area contributed by atoms with E-state index in [-0.39, 0.29) is 5.91 Å². The van der Waals surface area contributed by atoms with Crippen LogP contribution in [0.1, 0.15) is 38.4 Å². The number of aromatic amines is 1. The molecule has 31 heavy (non-hydrogen) atoms. The van der Waals surface area contributed by atoms with E-state index in [0.717, 1.165) is 28.3 Å². The van der Waals surface area contributed by atoms with Gasteiger partial charge in [-0.15, -0.1) is 0 Å². The number of carbonyl (C=O) groups is 2. The topological polar surface area (TPSA) is 87.3 Å². The summed E-state index contributed by atoms with van der Waals surface area (Å²) in [4.78, 5) is 27.4. The van der Waals surface area contributed by atoms with Crippen LogP contribution >= 0.6 is 23.4 Å². The van der Waals surface area contributed by atoms with E-state index in [1.165, 1.54) is 0 Å². The fourth-order valence-corrected chi connectivity index (χ4v) is 4.18. The maximum Gasteiger partial charge on any atom is 0.408 e. The van der Waals surface area contributed by atoms with Crippen molar-refractivity contribution in [3.63, 3.8) is 0 Å². The number of alkyl carbamates (subject to hydrolysis) is 1. The van der Waals surface area contributed by atoms with Crippen molar-refractivity contribution < 1.29 is 14.3 Å². The Morgan fingerprint density at radius 2 is 2.16 bits per heavy atom. The lowest BCUT2D eigenvalue weighted by Crippen LogP contribution is -2.51. The van der Waals surface area contributed by atoms with Gasteiger partial charge < -0.3 is 15.0 Å². The summed E-state index contributed by atoms with van der Waals surface area (Å²) in [6, 6.07) is 6.88. The summed E-state index contributed by atoms with van der Waals surface area (Å²) in [5.41, 5.74) is 3.10. The van der Waals surface area contributed by atoms with Crippen LogP contribution in [0.3, 0.4) is 0 Å². The van der Waals surface area contributed by atoms with Crippen LogP contribution in [-0.4, -0.2) is 57.3 Å². The fourth-order valence-electron chi connectivity index (χ4n) is 3.52. The molecule has 1 atom stereocenters. The number of halogens is 1. The monoisotopic (exact) mass is 464 g/mol. The lowest BCUT2D eigenvalue weighted by Gasteiger charge is -2.31. The molecule has 1 aromatic heterocycles. The Kier molecular flexibility index (Phi) is 7.54. The highest BCUT2D eigenvalue weighted by atomic mass is 35.5. The first-order valence-corrected chi connectivity index (χ1v) is 12.0. The summed E-state index contributed by atoms with van der Waals surface area (Å²) < 4.78 is 5.36. The molecule has 7 nitrogen and oxygen atoms in total. The molecule has 1 aromatic carbocycles. The van der Waals surface area contributed by atoms with Crippen molar-refractivity contribution in [2.24, 2.45) is 0 Å². The normalized spacial score (nSPS) is 14.7. The number of carbonyl (C=O) groups excluding carboxylic acids is 2. The predicted octanol–water partition coefficient (Wildman–Crippen LogP) is 4.26. The first-order valence-electron chi connectivity index (χ1n) is 10.3. The molecule has 0 bridgehead atoms. The van der Waals surface area contributed by atoms with E-state index in [1.54, 1.807) is 37.4 Å². The van der Waals surface area contributed by atoms with Crippen LogP contribution in [0.5, 0.6) is 0 Å². The highest BCUT2D eigenvalue weighted by Crippen LogP contribution is 2.30. The van der Waals surface area contributed by atoms with Gasteiger partial charge in [-0.05, 0) is 51.3 Å². The third kappa shape index (κ3) is 6.17. The molecule has 0 saturated heterocycles. The molecule has 3 rings (SSSR count). The molecular formula is C22H29ClN4O3S. The van der Waals surface area contributed by atoms with Crippen molar-refractivity contribution in [1.29, 1.82) is 0 Å². The molecule has 0 fully saturated rings. The zero-order valence-electron chi connectivity index (χ0n) is 18.3. The van der Waals surface area contributed by atoms with Crippen molar-refractivity contribution in [2.75, 3.05) is 18.6 Å². The van der Waals surface area contributed by atoms with Gasteiger partial charge in [-0.2, -0.15) is 16.9 Å². The molecule has 0 spiro atoms. The third-order valence-corrected chi connectivity index (χ3v) is 5.82. The van der Waals surface area contributed by atoms with Gasteiger partial charge >= 0.3 is 6.09 Å². The van der Waals surface area contributed by atoms with Crippen LogP contribution in [0.4, 0.5) is 4.79 Å². The quantitative estimate of drug-likeness (QED) is 0.666. The number of fused-ring (bicyclic) bond motifs is 1. The summed E-state index contributed by atoms with van der Waals surface area (Å²) in [7, 11) is 0.